The maximum absolute atomic E-state index is 12.7. The minimum atomic E-state index is -0.951. The number of fused-ring (bicyclic) bond motifs is 3. The molecule has 3 heterocycles. The average Bonchev–Trinajstić information content (AvgIpc) is 2.67. The van der Waals surface area contributed by atoms with Crippen LogP contribution in [0.15, 0.2) is 0 Å². The molecule has 0 radical (unpaired) electrons. The predicted molar refractivity (Wildman–Crippen MR) is 79.7 cm³/mol. The number of carbonyl (C=O) groups is 2. The molecule has 0 aliphatic carbocycles. The molecular weight excluding hydrogens is 284 g/mol. The molecule has 7 nitrogen and oxygen atoms in total. The molecule has 1 aromatic heterocycles. The third kappa shape index (κ3) is 2.24. The van der Waals surface area contributed by atoms with Crippen LogP contribution in [0.1, 0.15) is 42.5 Å². The second-order valence-corrected chi connectivity index (χ2v) is 7.22. The molecule has 0 unspecified atom stereocenters. The van der Waals surface area contributed by atoms with Crippen molar-refractivity contribution in [3.63, 3.8) is 0 Å². The minimum Gasteiger partial charge on any atom is -0.465 e. The Morgan fingerprint density at radius 2 is 2.05 bits per heavy atom. The van der Waals surface area contributed by atoms with Crippen LogP contribution in [0.25, 0.3) is 0 Å². The van der Waals surface area contributed by atoms with Gasteiger partial charge in [0.2, 0.25) is 0 Å². The number of aromatic nitrogens is 2. The van der Waals surface area contributed by atoms with Gasteiger partial charge in [-0.25, -0.2) is 4.79 Å². The van der Waals surface area contributed by atoms with Crippen molar-refractivity contribution in [1.82, 2.24) is 19.6 Å². The van der Waals surface area contributed by atoms with Gasteiger partial charge in [0.15, 0.2) is 0 Å². The van der Waals surface area contributed by atoms with Crippen molar-refractivity contribution in [1.29, 1.82) is 0 Å². The first-order valence-electron chi connectivity index (χ1n) is 7.53. The van der Waals surface area contributed by atoms with Crippen LogP contribution in [0.3, 0.4) is 0 Å². The summed E-state index contributed by atoms with van der Waals surface area (Å²) in [6, 6.07) is -0.120. The van der Waals surface area contributed by atoms with Crippen LogP contribution in [0.4, 0.5) is 4.79 Å². The summed E-state index contributed by atoms with van der Waals surface area (Å²) in [5, 5.41) is 14.0. The Morgan fingerprint density at radius 3 is 2.68 bits per heavy atom. The van der Waals surface area contributed by atoms with Gasteiger partial charge in [0.1, 0.15) is 5.69 Å². The fraction of sp³-hybridized carbons (Fsp3) is 0.667. The maximum Gasteiger partial charge on any atom is 0.407 e. The highest BCUT2D eigenvalue weighted by Gasteiger charge is 2.38. The van der Waals surface area contributed by atoms with E-state index in [1.165, 1.54) is 4.90 Å². The van der Waals surface area contributed by atoms with E-state index in [2.05, 4.69) is 18.9 Å². The molecule has 1 N–H and O–H groups in total. The van der Waals surface area contributed by atoms with Gasteiger partial charge in [0.25, 0.3) is 5.91 Å². The lowest BCUT2D eigenvalue weighted by Gasteiger charge is -2.31. The quantitative estimate of drug-likeness (QED) is 0.786. The second-order valence-electron chi connectivity index (χ2n) is 7.22. The molecule has 22 heavy (non-hydrogen) atoms. The van der Waals surface area contributed by atoms with Crippen LogP contribution in [-0.2, 0) is 19.5 Å². The van der Waals surface area contributed by atoms with E-state index >= 15 is 0 Å². The zero-order valence-corrected chi connectivity index (χ0v) is 13.5. The van der Waals surface area contributed by atoms with Crippen LogP contribution in [-0.4, -0.2) is 56.3 Å². The van der Waals surface area contributed by atoms with Crippen molar-refractivity contribution in [2.75, 3.05) is 13.6 Å². The van der Waals surface area contributed by atoms with E-state index in [-0.39, 0.29) is 23.9 Å². The van der Waals surface area contributed by atoms with Gasteiger partial charge in [0, 0.05) is 43.6 Å². The summed E-state index contributed by atoms with van der Waals surface area (Å²) in [6.07, 6.45) is -0.396. The van der Waals surface area contributed by atoms with Crippen LogP contribution >= 0.6 is 0 Å². The summed E-state index contributed by atoms with van der Waals surface area (Å²) >= 11 is 0. The van der Waals surface area contributed by atoms with Crippen molar-refractivity contribution in [2.45, 2.75) is 46.3 Å². The van der Waals surface area contributed by atoms with E-state index in [1.54, 1.807) is 16.6 Å². The summed E-state index contributed by atoms with van der Waals surface area (Å²) in [7, 11) is 1.79. The number of amides is 2. The highest BCUT2D eigenvalue weighted by Crippen LogP contribution is 2.31. The molecule has 120 valence electrons. The fourth-order valence-corrected chi connectivity index (χ4v) is 3.56. The van der Waals surface area contributed by atoms with Crippen molar-refractivity contribution < 1.29 is 14.7 Å². The molecular formula is C15H22N4O3. The first kappa shape index (κ1) is 14.9. The minimum absolute atomic E-state index is 0.0671. The number of carbonyl (C=O) groups excluding carboxylic acids is 1. The fourth-order valence-electron chi connectivity index (χ4n) is 3.56. The predicted octanol–water partition coefficient (Wildman–Crippen LogP) is 1.42. The molecule has 0 spiro atoms. The Kier molecular flexibility index (Phi) is 3.19. The molecule has 0 saturated carbocycles. The van der Waals surface area contributed by atoms with Crippen molar-refractivity contribution in [3.8, 4) is 0 Å². The number of carboxylic acid groups (broad SMARTS) is 1. The highest BCUT2D eigenvalue weighted by molar-refractivity contribution is 5.94. The van der Waals surface area contributed by atoms with Crippen molar-refractivity contribution >= 4 is 12.0 Å². The van der Waals surface area contributed by atoms with E-state index in [0.717, 1.165) is 11.3 Å². The number of hydrogen-bond acceptors (Lipinski definition) is 3. The Labute approximate surface area is 129 Å². The third-order valence-corrected chi connectivity index (χ3v) is 4.52. The maximum atomic E-state index is 12.7. The van der Waals surface area contributed by atoms with E-state index < -0.39 is 6.09 Å². The van der Waals surface area contributed by atoms with Gasteiger partial charge in [-0.1, -0.05) is 13.8 Å². The number of nitrogens with zero attached hydrogens (tertiary/aromatic N) is 4. The molecule has 2 amide bonds. The first-order valence-corrected chi connectivity index (χ1v) is 7.53. The SMILES string of the molecule is C[C@@H]1Cc2nn3c(c2CN1C(=O)O)C(=O)N(C)CC(C)(C)C3. The first-order chi connectivity index (χ1) is 10.2. The summed E-state index contributed by atoms with van der Waals surface area (Å²) < 4.78 is 1.79. The Balaban J connectivity index is 2.09. The molecule has 0 fully saturated rings. The van der Waals surface area contributed by atoms with Crippen LogP contribution in [0, 0.1) is 5.41 Å². The van der Waals surface area contributed by atoms with Gasteiger partial charge in [0.05, 0.1) is 12.2 Å². The van der Waals surface area contributed by atoms with E-state index in [9.17, 15) is 14.7 Å². The van der Waals surface area contributed by atoms with Crippen LogP contribution in [0.5, 0.6) is 0 Å². The van der Waals surface area contributed by atoms with Gasteiger partial charge < -0.3 is 14.9 Å². The summed E-state index contributed by atoms with van der Waals surface area (Å²) in [4.78, 5) is 27.2. The van der Waals surface area contributed by atoms with E-state index in [0.29, 0.717) is 25.2 Å². The zero-order valence-electron chi connectivity index (χ0n) is 13.5. The Morgan fingerprint density at radius 1 is 1.36 bits per heavy atom. The van der Waals surface area contributed by atoms with Gasteiger partial charge in [-0.15, -0.1) is 0 Å². The lowest BCUT2D eigenvalue weighted by atomic mass is 9.93. The van der Waals surface area contributed by atoms with Gasteiger partial charge >= 0.3 is 6.09 Å². The lowest BCUT2D eigenvalue weighted by molar-refractivity contribution is 0.0748. The molecule has 7 heteroatoms. The number of hydrogen-bond donors (Lipinski definition) is 1. The molecule has 0 aromatic carbocycles. The molecule has 0 bridgehead atoms. The summed E-state index contributed by atoms with van der Waals surface area (Å²) in [5.74, 6) is -0.0702. The molecule has 1 atom stereocenters. The monoisotopic (exact) mass is 306 g/mol. The second kappa shape index (κ2) is 4.72. The summed E-state index contributed by atoms with van der Waals surface area (Å²) in [5.41, 5.74) is 2.12. The molecule has 0 saturated heterocycles. The third-order valence-electron chi connectivity index (χ3n) is 4.52. The van der Waals surface area contributed by atoms with E-state index in [1.807, 2.05) is 6.92 Å². The van der Waals surface area contributed by atoms with Crippen molar-refractivity contribution in [2.24, 2.45) is 5.41 Å². The van der Waals surface area contributed by atoms with Crippen molar-refractivity contribution in [3.05, 3.63) is 17.0 Å². The lowest BCUT2D eigenvalue weighted by Crippen LogP contribution is -2.42. The van der Waals surface area contributed by atoms with E-state index in [4.69, 9.17) is 0 Å². The standard InChI is InChI=1S/C15H22N4O3/c1-9-5-11-10(6-18(9)14(21)22)12-13(20)17(4)7-15(2,3)8-19(12)16-11/h9H,5-8H2,1-4H3,(H,21,22)/t9-/m1/s1. The molecule has 2 aliphatic rings. The highest BCUT2D eigenvalue weighted by atomic mass is 16.4. The Bertz CT molecular complexity index is 649. The van der Waals surface area contributed by atoms with Gasteiger partial charge in [-0.3, -0.25) is 9.48 Å². The van der Waals surface area contributed by atoms with Gasteiger partial charge in [-0.2, -0.15) is 5.10 Å². The molecule has 1 aromatic rings. The largest absolute Gasteiger partial charge is 0.465 e. The van der Waals surface area contributed by atoms with Crippen LogP contribution in [0.2, 0.25) is 0 Å². The molecule has 2 aliphatic heterocycles. The van der Waals surface area contributed by atoms with Crippen LogP contribution < -0.4 is 0 Å². The smallest absolute Gasteiger partial charge is 0.407 e. The normalized spacial score (nSPS) is 23.8. The summed E-state index contributed by atoms with van der Waals surface area (Å²) in [6.45, 7) is 7.65. The zero-order chi connectivity index (χ0) is 16.2. The number of rotatable bonds is 0. The molecule has 3 rings (SSSR count). The van der Waals surface area contributed by atoms with Gasteiger partial charge in [-0.05, 0) is 6.92 Å². The Hall–Kier alpha value is -2.05. The average molecular weight is 306 g/mol. The topological polar surface area (TPSA) is 78.7 Å².